The van der Waals surface area contributed by atoms with Gasteiger partial charge in [0, 0.05) is 232 Å². The zero-order valence-electron chi connectivity index (χ0n) is 81.8. The van der Waals surface area contributed by atoms with Gasteiger partial charge in [-0.2, -0.15) is 0 Å². The molecule has 0 saturated heterocycles. The van der Waals surface area contributed by atoms with E-state index >= 15 is 0 Å². The molecule has 0 aliphatic heterocycles. The fraction of sp³-hybridized carbons (Fsp3) is 0.358. The Morgan fingerprint density at radius 3 is 0.514 bits per heavy atom. The molecule has 12 aromatic rings. The summed E-state index contributed by atoms with van der Waals surface area (Å²) in [7, 11) is 0. The molecule has 0 saturated carbocycles. The van der Waals surface area contributed by atoms with Crippen LogP contribution in [0.1, 0.15) is 125 Å². The maximum absolute atomic E-state index is 13.6. The minimum absolute atomic E-state index is 0.0672. The van der Waals surface area contributed by atoms with Crippen LogP contribution in [-0.4, -0.2) is 258 Å². The van der Waals surface area contributed by atoms with Gasteiger partial charge in [-0.05, 0) is 232 Å². The van der Waals surface area contributed by atoms with Crippen LogP contribution in [0.4, 0.5) is 0 Å². The number of aryl methyl sites for hydroxylation is 4. The van der Waals surface area contributed by atoms with Crippen LogP contribution in [-0.2, 0) is 73.6 Å². The number of pyridine rings is 12. The molecule has 0 atom stereocenters. The third-order valence-corrected chi connectivity index (χ3v) is 23.5. The molecule has 0 radical (unpaired) electrons. The largest absolute Gasteiger partial charge is 0.355 e. The van der Waals surface area contributed by atoms with E-state index in [-0.39, 0.29) is 215 Å². The number of hydrogen-bond acceptors (Lipinski definition) is 25. The molecule has 35 nitrogen and oxygen atoms in total. The number of aromatic nitrogens is 12. The van der Waals surface area contributed by atoms with Crippen molar-refractivity contribution in [2.45, 2.75) is 129 Å². The molecular weight excluding hydrogens is 1820 g/mol. The van der Waals surface area contributed by atoms with E-state index < -0.39 is 0 Å². The smallest absolute Gasteiger partial charge is 0.221 e. The van der Waals surface area contributed by atoms with Crippen LogP contribution >= 0.6 is 0 Å². The van der Waals surface area contributed by atoms with Gasteiger partial charge in [0.2, 0.25) is 59.1 Å². The van der Waals surface area contributed by atoms with Gasteiger partial charge in [0.15, 0.2) is 0 Å². The highest BCUT2D eigenvalue weighted by molar-refractivity contribution is 5.81. The SMILES string of the molecule is CCCN(CCC(=O)NCCN(CCC(=O)NCCNC(=O)CCCc1cc(-c2ccccn2)nc(-c2ccccn2)c1)CCC(=O)NCCNC(=O)CCCc1cc(-c2ccccn2)nc(-c2ccccn2)c1)CCC(=O)NCCN(CCC(=O)NCCNC(=O)CCCc1cc(-c2ccccn2)nc(-c2ccccn2)c1)CCC(=O)NCCNC(=O)CCCc1cc(-c2ccccn2)nc(-c2ccccn2)c1. The second-order valence-electron chi connectivity index (χ2n) is 34.6. The van der Waals surface area contributed by atoms with Crippen molar-refractivity contribution in [1.82, 2.24) is 128 Å². The molecule has 12 aromatic heterocycles. The van der Waals surface area contributed by atoms with Crippen molar-refractivity contribution in [3.8, 4) is 91.1 Å². The van der Waals surface area contributed by atoms with Gasteiger partial charge in [-0.3, -0.25) is 87.8 Å². The predicted octanol–water partition coefficient (Wildman–Crippen LogP) is 9.97. The molecule has 144 heavy (non-hydrogen) atoms. The molecule has 0 aliphatic carbocycles. The van der Waals surface area contributed by atoms with Crippen LogP contribution in [0.3, 0.4) is 0 Å². The van der Waals surface area contributed by atoms with Gasteiger partial charge in [0.25, 0.3) is 0 Å². The first kappa shape index (κ1) is 107. The Kier molecular flexibility index (Phi) is 45.0. The number of nitrogens with one attached hydrogen (secondary N) is 10. The van der Waals surface area contributed by atoms with E-state index in [0.717, 1.165) is 74.2 Å². The van der Waals surface area contributed by atoms with Crippen molar-refractivity contribution in [1.29, 1.82) is 0 Å². The monoisotopic (exact) mass is 1950 g/mol. The molecule has 0 bridgehead atoms. The Morgan fingerprint density at radius 1 is 0.194 bits per heavy atom. The summed E-state index contributed by atoms with van der Waals surface area (Å²) in [4.78, 5) is 195. The number of carbonyl (C=O) groups is 10. The molecule has 10 amide bonds. The topological polar surface area (TPSA) is 455 Å². The first-order chi connectivity index (χ1) is 70.4. The summed E-state index contributed by atoms with van der Waals surface area (Å²) in [6.45, 7) is 7.02. The zero-order valence-corrected chi connectivity index (χ0v) is 81.8. The Labute approximate surface area is 840 Å². The Morgan fingerprint density at radius 2 is 0.354 bits per heavy atom. The Hall–Kier alpha value is -15.6. The first-order valence-corrected chi connectivity index (χ1v) is 49.7. The lowest BCUT2D eigenvalue weighted by Crippen LogP contribution is -2.41. The fourth-order valence-electron chi connectivity index (χ4n) is 16.0. The third-order valence-electron chi connectivity index (χ3n) is 23.5. The lowest BCUT2D eigenvalue weighted by atomic mass is 10.0. The molecule has 35 heteroatoms. The van der Waals surface area contributed by atoms with Gasteiger partial charge in [0.05, 0.1) is 91.1 Å². The maximum atomic E-state index is 13.6. The number of amides is 10. The minimum atomic E-state index is -0.262. The molecular formula is C109H129N25O10. The van der Waals surface area contributed by atoms with Crippen LogP contribution in [0.15, 0.2) is 244 Å². The molecule has 12 heterocycles. The van der Waals surface area contributed by atoms with Crippen molar-refractivity contribution < 1.29 is 47.9 Å². The minimum Gasteiger partial charge on any atom is -0.355 e. The van der Waals surface area contributed by atoms with Gasteiger partial charge in [-0.1, -0.05) is 55.5 Å². The van der Waals surface area contributed by atoms with Gasteiger partial charge in [0.1, 0.15) is 0 Å². The summed E-state index contributed by atoms with van der Waals surface area (Å²) in [5, 5.41) is 29.3. The van der Waals surface area contributed by atoms with Crippen molar-refractivity contribution in [3.63, 3.8) is 0 Å². The van der Waals surface area contributed by atoms with Crippen LogP contribution in [0.5, 0.6) is 0 Å². The molecule has 750 valence electrons. The van der Waals surface area contributed by atoms with Crippen molar-refractivity contribution in [2.24, 2.45) is 0 Å². The highest BCUT2D eigenvalue weighted by Crippen LogP contribution is 2.29. The quantitative estimate of drug-likeness (QED) is 0.0158. The lowest BCUT2D eigenvalue weighted by Gasteiger charge is -2.23. The molecule has 0 aliphatic rings. The summed E-state index contributed by atoms with van der Waals surface area (Å²) < 4.78 is 0. The summed E-state index contributed by atoms with van der Waals surface area (Å²) in [5.74, 6) is -2.12. The van der Waals surface area contributed by atoms with Gasteiger partial charge in [-0.25, -0.2) is 19.9 Å². The molecule has 0 spiro atoms. The molecule has 0 unspecified atom stereocenters. The summed E-state index contributed by atoms with van der Waals surface area (Å²) in [6.07, 6.45) is 20.7. The van der Waals surface area contributed by atoms with Gasteiger partial charge >= 0.3 is 0 Å². The number of carbonyl (C=O) groups excluding carboxylic acids is 10. The van der Waals surface area contributed by atoms with E-state index in [0.29, 0.717) is 130 Å². The normalized spacial score (nSPS) is 11.1. The van der Waals surface area contributed by atoms with Crippen molar-refractivity contribution in [2.75, 3.05) is 124 Å². The number of hydrogen-bond donors (Lipinski definition) is 10. The van der Waals surface area contributed by atoms with Crippen molar-refractivity contribution in [3.05, 3.63) is 266 Å². The number of rotatable bonds is 62. The average Bonchev–Trinajstić information content (AvgIpc) is 0.831. The predicted molar refractivity (Wildman–Crippen MR) is 552 cm³/mol. The van der Waals surface area contributed by atoms with Crippen LogP contribution < -0.4 is 53.2 Å². The maximum Gasteiger partial charge on any atom is 0.221 e. The van der Waals surface area contributed by atoms with E-state index in [1.54, 1.807) is 49.6 Å². The van der Waals surface area contributed by atoms with Gasteiger partial charge < -0.3 is 67.9 Å². The van der Waals surface area contributed by atoms with E-state index in [2.05, 4.69) is 97.9 Å². The zero-order chi connectivity index (χ0) is 101. The lowest BCUT2D eigenvalue weighted by molar-refractivity contribution is -0.124. The van der Waals surface area contributed by atoms with E-state index in [1.165, 1.54) is 0 Å². The second-order valence-corrected chi connectivity index (χ2v) is 34.6. The fourth-order valence-corrected chi connectivity index (χ4v) is 16.0. The molecule has 12 rings (SSSR count). The third kappa shape index (κ3) is 39.1. The summed E-state index contributed by atoms with van der Waals surface area (Å²) in [5.41, 5.74) is 15.4. The first-order valence-electron chi connectivity index (χ1n) is 49.7. The average molecular weight is 1950 g/mol. The summed E-state index contributed by atoms with van der Waals surface area (Å²) in [6, 6.07) is 61.1. The van der Waals surface area contributed by atoms with E-state index in [1.807, 2.05) is 211 Å². The highest BCUT2D eigenvalue weighted by atomic mass is 16.2. The van der Waals surface area contributed by atoms with Crippen LogP contribution in [0.25, 0.3) is 91.1 Å². The summed E-state index contributed by atoms with van der Waals surface area (Å²) >= 11 is 0. The van der Waals surface area contributed by atoms with Crippen LogP contribution in [0.2, 0.25) is 0 Å². The Balaban J connectivity index is 0.577. The standard InChI is InChI=1S/C109H129N25O10/c1-2-63-132(64-39-108(143)126-61-70-133(66-41-104(139)122-57-53-118-100(135)35-19-23-80-72-92(84-27-3-11-45-110-84)128-93(73-80)85-28-4-12-46-111-85)67-42-105(140)123-58-54-119-101(136)36-20-24-81-74-94(86-29-5-13-47-112-86)129-95(75-81)87-30-6-14-48-113-87)65-40-109(144)127-62-71-134(68-43-106(141)124-59-55-120-102(137)37-21-25-82-76-96(88-31-7-15-49-114-88)130-97(77-82)89-32-8-16-50-115-89)69-44-107(142)125-60-56-121-103(138)38-22-26-83-78-98(90-33-9-17-51-116-90)131-99(79-83)91-34-10-18-52-117-91/h3-18,27-34,45-52,72-79H,2,19-26,35-44,53-71H2,1H3,(H,118,135)(H,119,136)(H,120,137)(H,121,138)(H,122,139)(H,123,140)(H,124,141)(H,125,142)(H,126,143)(H,127,144). The van der Waals surface area contributed by atoms with E-state index in [4.69, 9.17) is 19.9 Å². The Bertz CT molecular complexity index is 5110. The molecule has 10 N–H and O–H groups in total. The molecule has 0 fully saturated rings. The highest BCUT2D eigenvalue weighted by Gasteiger charge is 2.21. The van der Waals surface area contributed by atoms with E-state index in [9.17, 15) is 47.9 Å². The number of nitrogens with zero attached hydrogens (tertiary/aromatic N) is 15. The van der Waals surface area contributed by atoms with Crippen molar-refractivity contribution >= 4 is 59.1 Å². The second kappa shape index (κ2) is 60.5. The molecule has 0 aromatic carbocycles. The van der Waals surface area contributed by atoms with Crippen LogP contribution in [0, 0.1) is 0 Å². The van der Waals surface area contributed by atoms with Gasteiger partial charge in [-0.15, -0.1) is 0 Å².